The molecule has 1 aliphatic heterocycles. The Morgan fingerprint density at radius 1 is 0.824 bits per heavy atom. The molecule has 0 radical (unpaired) electrons. The highest BCUT2D eigenvalue weighted by atomic mass is 32.2. The van der Waals surface area contributed by atoms with Crippen molar-refractivity contribution in [2.75, 3.05) is 4.90 Å². The van der Waals surface area contributed by atoms with Crippen LogP contribution in [0.4, 0.5) is 11.4 Å². The second-order valence-corrected chi connectivity index (χ2v) is 5.72. The summed E-state index contributed by atoms with van der Waals surface area (Å²) in [6.07, 6.45) is 2.65. The van der Waals surface area contributed by atoms with Crippen LogP contribution in [0.2, 0.25) is 0 Å². The first-order chi connectivity index (χ1) is 8.43. The highest BCUT2D eigenvalue weighted by molar-refractivity contribution is 7.99. The van der Waals surface area contributed by atoms with E-state index in [-0.39, 0.29) is 0 Å². The first-order valence-corrected chi connectivity index (χ1v) is 6.90. The molecule has 0 saturated heterocycles. The Morgan fingerprint density at radius 3 is 1.88 bits per heavy atom. The molecule has 1 nitrogen and oxygen atoms in total. The predicted molar refractivity (Wildman–Crippen MR) is 72.2 cm³/mol. The van der Waals surface area contributed by atoms with Crippen LogP contribution >= 0.6 is 11.8 Å². The van der Waals surface area contributed by atoms with E-state index < -0.39 is 0 Å². The molecule has 2 aromatic rings. The SMILES string of the molecule is c1ccc2c(c1)Sc1ccccc1N2C1CC1. The number of nitrogens with zero attached hydrogens (tertiary/aromatic N) is 1. The molecule has 17 heavy (non-hydrogen) atoms. The molecule has 0 aromatic heterocycles. The van der Waals surface area contributed by atoms with Crippen molar-refractivity contribution < 1.29 is 0 Å². The summed E-state index contributed by atoms with van der Waals surface area (Å²) in [7, 11) is 0. The third-order valence-electron chi connectivity index (χ3n) is 3.38. The van der Waals surface area contributed by atoms with Gasteiger partial charge in [0.15, 0.2) is 0 Å². The van der Waals surface area contributed by atoms with Crippen molar-refractivity contribution in [1.82, 2.24) is 0 Å². The lowest BCUT2D eigenvalue weighted by Crippen LogP contribution is -2.22. The van der Waals surface area contributed by atoms with Gasteiger partial charge in [-0.2, -0.15) is 0 Å². The number of hydrogen-bond acceptors (Lipinski definition) is 2. The van der Waals surface area contributed by atoms with Crippen LogP contribution in [0.1, 0.15) is 12.8 Å². The average Bonchev–Trinajstić information content (AvgIpc) is 3.20. The normalized spacial score (nSPS) is 17.5. The summed E-state index contributed by atoms with van der Waals surface area (Å²) in [4.78, 5) is 5.30. The number of anilines is 2. The number of hydrogen-bond donors (Lipinski definition) is 0. The van der Waals surface area contributed by atoms with Crippen LogP contribution in [0.3, 0.4) is 0 Å². The summed E-state index contributed by atoms with van der Waals surface area (Å²) in [5, 5.41) is 0. The number of fused-ring (bicyclic) bond motifs is 2. The first kappa shape index (κ1) is 9.60. The first-order valence-electron chi connectivity index (χ1n) is 6.08. The molecular weight excluding hydrogens is 226 g/mol. The molecule has 2 heteroatoms. The summed E-state index contributed by atoms with van der Waals surface area (Å²) in [5.74, 6) is 0. The van der Waals surface area contributed by atoms with E-state index in [1.165, 1.54) is 34.0 Å². The van der Waals surface area contributed by atoms with E-state index in [9.17, 15) is 0 Å². The van der Waals surface area contributed by atoms with Crippen LogP contribution in [0.25, 0.3) is 0 Å². The smallest absolute Gasteiger partial charge is 0.0555 e. The Balaban J connectivity index is 1.93. The fraction of sp³-hybridized carbons (Fsp3) is 0.200. The minimum absolute atomic E-state index is 0.721. The van der Waals surface area contributed by atoms with Crippen molar-refractivity contribution in [3.8, 4) is 0 Å². The molecule has 84 valence electrons. The van der Waals surface area contributed by atoms with Gasteiger partial charge in [-0.1, -0.05) is 36.0 Å². The summed E-state index contributed by atoms with van der Waals surface area (Å²) in [5.41, 5.74) is 2.78. The number of para-hydroxylation sites is 2. The van der Waals surface area contributed by atoms with Crippen LogP contribution in [-0.2, 0) is 0 Å². The fourth-order valence-electron chi connectivity index (χ4n) is 2.46. The van der Waals surface area contributed by atoms with Crippen molar-refractivity contribution in [2.45, 2.75) is 28.7 Å². The maximum Gasteiger partial charge on any atom is 0.0555 e. The molecule has 0 spiro atoms. The molecule has 4 rings (SSSR count). The van der Waals surface area contributed by atoms with Crippen LogP contribution in [0.15, 0.2) is 58.3 Å². The van der Waals surface area contributed by atoms with E-state index in [0.29, 0.717) is 0 Å². The second kappa shape index (κ2) is 3.54. The minimum atomic E-state index is 0.721. The lowest BCUT2D eigenvalue weighted by Gasteiger charge is -2.32. The van der Waals surface area contributed by atoms with E-state index >= 15 is 0 Å². The Bertz CT molecular complexity index is 529. The summed E-state index contributed by atoms with van der Waals surface area (Å²) in [6, 6.07) is 18.2. The van der Waals surface area contributed by atoms with Crippen LogP contribution in [-0.4, -0.2) is 6.04 Å². The van der Waals surface area contributed by atoms with Gasteiger partial charge in [0, 0.05) is 15.8 Å². The fourth-order valence-corrected chi connectivity index (χ4v) is 3.53. The lowest BCUT2D eigenvalue weighted by molar-refractivity contribution is 0.933. The molecule has 1 fully saturated rings. The largest absolute Gasteiger partial charge is 0.337 e. The number of rotatable bonds is 1. The monoisotopic (exact) mass is 239 g/mol. The Hall–Kier alpha value is -1.41. The highest BCUT2D eigenvalue weighted by Crippen LogP contribution is 2.51. The van der Waals surface area contributed by atoms with Crippen LogP contribution in [0.5, 0.6) is 0 Å². The van der Waals surface area contributed by atoms with Gasteiger partial charge in [0.25, 0.3) is 0 Å². The highest BCUT2D eigenvalue weighted by Gasteiger charge is 2.34. The summed E-state index contributed by atoms with van der Waals surface area (Å²) >= 11 is 1.89. The summed E-state index contributed by atoms with van der Waals surface area (Å²) < 4.78 is 0. The zero-order chi connectivity index (χ0) is 11.2. The third kappa shape index (κ3) is 1.48. The van der Waals surface area contributed by atoms with E-state index in [1.807, 2.05) is 11.8 Å². The lowest BCUT2D eigenvalue weighted by atomic mass is 10.2. The molecule has 1 aliphatic carbocycles. The van der Waals surface area contributed by atoms with Crippen molar-refractivity contribution in [2.24, 2.45) is 0 Å². The summed E-state index contributed by atoms with van der Waals surface area (Å²) in [6.45, 7) is 0. The third-order valence-corrected chi connectivity index (χ3v) is 4.51. The van der Waals surface area contributed by atoms with Crippen molar-refractivity contribution >= 4 is 23.1 Å². The Morgan fingerprint density at radius 2 is 1.35 bits per heavy atom. The van der Waals surface area contributed by atoms with Crippen molar-refractivity contribution in [3.05, 3.63) is 48.5 Å². The molecule has 1 heterocycles. The quantitative estimate of drug-likeness (QED) is 0.723. The van der Waals surface area contributed by atoms with Crippen molar-refractivity contribution in [1.29, 1.82) is 0 Å². The van der Waals surface area contributed by atoms with E-state index in [4.69, 9.17) is 0 Å². The Labute approximate surface area is 105 Å². The molecule has 0 amide bonds. The van der Waals surface area contributed by atoms with Gasteiger partial charge in [0.2, 0.25) is 0 Å². The van der Waals surface area contributed by atoms with Gasteiger partial charge >= 0.3 is 0 Å². The van der Waals surface area contributed by atoms with Gasteiger partial charge in [0.05, 0.1) is 11.4 Å². The molecule has 0 unspecified atom stereocenters. The van der Waals surface area contributed by atoms with Crippen LogP contribution < -0.4 is 4.90 Å². The van der Waals surface area contributed by atoms with Gasteiger partial charge in [0.1, 0.15) is 0 Å². The van der Waals surface area contributed by atoms with Gasteiger partial charge < -0.3 is 4.90 Å². The molecular formula is C15H13NS. The minimum Gasteiger partial charge on any atom is -0.337 e. The van der Waals surface area contributed by atoms with E-state index in [1.54, 1.807) is 0 Å². The second-order valence-electron chi connectivity index (χ2n) is 4.64. The molecule has 2 aliphatic rings. The molecule has 1 saturated carbocycles. The van der Waals surface area contributed by atoms with Gasteiger partial charge in [-0.15, -0.1) is 0 Å². The van der Waals surface area contributed by atoms with Gasteiger partial charge in [-0.25, -0.2) is 0 Å². The zero-order valence-corrected chi connectivity index (χ0v) is 10.3. The predicted octanol–water partition coefficient (Wildman–Crippen LogP) is 4.45. The Kier molecular flexibility index (Phi) is 2.00. The van der Waals surface area contributed by atoms with Crippen LogP contribution in [0, 0.1) is 0 Å². The zero-order valence-electron chi connectivity index (χ0n) is 9.47. The van der Waals surface area contributed by atoms with Gasteiger partial charge in [-0.3, -0.25) is 0 Å². The number of benzene rings is 2. The molecule has 0 N–H and O–H groups in total. The topological polar surface area (TPSA) is 3.24 Å². The molecule has 0 atom stereocenters. The van der Waals surface area contributed by atoms with E-state index in [2.05, 4.69) is 53.4 Å². The van der Waals surface area contributed by atoms with Crippen molar-refractivity contribution in [3.63, 3.8) is 0 Å². The maximum atomic E-state index is 2.53. The van der Waals surface area contributed by atoms with E-state index in [0.717, 1.165) is 6.04 Å². The molecule has 0 bridgehead atoms. The van der Waals surface area contributed by atoms with Gasteiger partial charge in [-0.05, 0) is 37.1 Å². The average molecular weight is 239 g/mol. The standard InChI is InChI=1S/C15H13NS/c1-3-7-14-12(5-1)16(11-9-10-11)13-6-2-4-8-15(13)17-14/h1-8,11H,9-10H2. The molecule has 2 aromatic carbocycles. The maximum absolute atomic E-state index is 2.53.